The van der Waals surface area contributed by atoms with Crippen LogP contribution in [-0.4, -0.2) is 6.54 Å². The van der Waals surface area contributed by atoms with E-state index in [1.807, 2.05) is 0 Å². The van der Waals surface area contributed by atoms with Gasteiger partial charge in [0.1, 0.15) is 0 Å². The molecule has 0 aromatic heterocycles. The van der Waals surface area contributed by atoms with E-state index in [0.29, 0.717) is 0 Å². The first kappa shape index (κ1) is 9.71. The number of hydrogen-bond donors (Lipinski definition) is 3. The van der Waals surface area contributed by atoms with Crippen LogP contribution in [0.25, 0.3) is 0 Å². The summed E-state index contributed by atoms with van der Waals surface area (Å²) in [6, 6.07) is 0. The molecule has 0 saturated carbocycles. The highest BCUT2D eigenvalue weighted by Gasteiger charge is 2.00. The lowest BCUT2D eigenvalue weighted by Gasteiger charge is -2.11. The third kappa shape index (κ3) is 3.85. The molecule has 0 radical (unpaired) electrons. The van der Waals surface area contributed by atoms with Gasteiger partial charge in [0.2, 0.25) is 0 Å². The van der Waals surface area contributed by atoms with Crippen LogP contribution in [0.1, 0.15) is 38.5 Å². The van der Waals surface area contributed by atoms with Crippen LogP contribution in [0.3, 0.4) is 0 Å². The monoisotopic (exact) mass is 169 g/mol. The zero-order valence-corrected chi connectivity index (χ0v) is 7.60. The summed E-state index contributed by atoms with van der Waals surface area (Å²) in [7, 11) is 0. The molecule has 0 saturated heterocycles. The molecule has 12 heavy (non-hydrogen) atoms. The minimum absolute atomic E-state index is 0.885. The SMILES string of the molecule is NNNC/C1=C\CCCCCC1. The van der Waals surface area contributed by atoms with E-state index in [9.17, 15) is 0 Å². The largest absolute Gasteiger partial charge is 0.258 e. The van der Waals surface area contributed by atoms with Crippen LogP contribution in [0.2, 0.25) is 0 Å². The van der Waals surface area contributed by atoms with E-state index < -0.39 is 0 Å². The maximum atomic E-state index is 5.13. The average Bonchev–Trinajstić information content (AvgIpc) is 2.02. The minimum Gasteiger partial charge on any atom is -0.258 e. The van der Waals surface area contributed by atoms with E-state index in [1.165, 1.54) is 44.1 Å². The Labute approximate surface area is 74.3 Å². The predicted molar refractivity (Wildman–Crippen MR) is 51.1 cm³/mol. The zero-order chi connectivity index (χ0) is 8.65. The van der Waals surface area contributed by atoms with Gasteiger partial charge in [-0.3, -0.25) is 5.84 Å². The van der Waals surface area contributed by atoms with E-state index in [2.05, 4.69) is 17.0 Å². The molecule has 70 valence electrons. The Morgan fingerprint density at radius 3 is 2.92 bits per heavy atom. The van der Waals surface area contributed by atoms with Crippen LogP contribution in [0.5, 0.6) is 0 Å². The maximum Gasteiger partial charge on any atom is 0.0323 e. The van der Waals surface area contributed by atoms with E-state index in [0.717, 1.165) is 6.54 Å². The molecule has 1 aliphatic carbocycles. The Morgan fingerprint density at radius 2 is 2.08 bits per heavy atom. The van der Waals surface area contributed by atoms with Crippen molar-refractivity contribution in [1.29, 1.82) is 0 Å². The quantitative estimate of drug-likeness (QED) is 0.338. The van der Waals surface area contributed by atoms with Crippen LogP contribution in [0.4, 0.5) is 0 Å². The Hall–Kier alpha value is -0.380. The van der Waals surface area contributed by atoms with Crippen LogP contribution in [0.15, 0.2) is 11.6 Å². The van der Waals surface area contributed by atoms with Gasteiger partial charge >= 0.3 is 0 Å². The number of hydrogen-bond acceptors (Lipinski definition) is 3. The van der Waals surface area contributed by atoms with Crippen molar-refractivity contribution < 1.29 is 0 Å². The second-order valence-corrected chi connectivity index (χ2v) is 3.31. The first-order valence-electron chi connectivity index (χ1n) is 4.80. The Balaban J connectivity index is 2.26. The molecule has 3 nitrogen and oxygen atoms in total. The maximum absolute atomic E-state index is 5.13. The topological polar surface area (TPSA) is 50.1 Å². The molecule has 0 aromatic rings. The fraction of sp³-hybridized carbons (Fsp3) is 0.778. The number of nitrogens with two attached hydrogens (primary N) is 1. The molecular formula is C9H19N3. The minimum atomic E-state index is 0.885. The van der Waals surface area contributed by atoms with Crippen molar-refractivity contribution in [2.45, 2.75) is 38.5 Å². The summed E-state index contributed by atoms with van der Waals surface area (Å²) in [5.41, 5.74) is 6.88. The lowest BCUT2D eigenvalue weighted by molar-refractivity contribution is 0.557. The van der Waals surface area contributed by atoms with Crippen molar-refractivity contribution in [2.75, 3.05) is 6.54 Å². The molecule has 0 unspecified atom stereocenters. The van der Waals surface area contributed by atoms with Gasteiger partial charge in [-0.05, 0) is 25.7 Å². The molecule has 3 heteroatoms. The molecule has 0 heterocycles. The number of allylic oxidation sites excluding steroid dienone is 1. The summed E-state index contributed by atoms with van der Waals surface area (Å²) in [5.74, 6) is 5.13. The van der Waals surface area contributed by atoms with Gasteiger partial charge in [-0.15, -0.1) is 0 Å². The second-order valence-electron chi connectivity index (χ2n) is 3.31. The highest BCUT2D eigenvalue weighted by atomic mass is 15.5. The summed E-state index contributed by atoms with van der Waals surface area (Å²) in [4.78, 5) is 0. The molecule has 0 fully saturated rings. The third-order valence-electron chi connectivity index (χ3n) is 2.30. The summed E-state index contributed by atoms with van der Waals surface area (Å²) in [6.45, 7) is 0.885. The highest BCUT2D eigenvalue weighted by Crippen LogP contribution is 2.15. The molecule has 0 bridgehead atoms. The van der Waals surface area contributed by atoms with Crippen LogP contribution < -0.4 is 16.8 Å². The standard InChI is InChI=1S/C9H19N3/c10-12-11-8-9-6-4-2-1-3-5-7-9/h6,11-12H,1-5,7-8,10H2/b9-6-. The molecule has 0 amide bonds. The third-order valence-corrected chi connectivity index (χ3v) is 2.30. The fourth-order valence-corrected chi connectivity index (χ4v) is 1.58. The fourth-order valence-electron chi connectivity index (χ4n) is 1.58. The van der Waals surface area contributed by atoms with Gasteiger partial charge in [-0.2, -0.15) is 5.53 Å². The van der Waals surface area contributed by atoms with E-state index >= 15 is 0 Å². The summed E-state index contributed by atoms with van der Waals surface area (Å²) < 4.78 is 0. The van der Waals surface area contributed by atoms with Crippen molar-refractivity contribution in [2.24, 2.45) is 5.84 Å². The van der Waals surface area contributed by atoms with E-state index in [-0.39, 0.29) is 0 Å². The van der Waals surface area contributed by atoms with E-state index in [4.69, 9.17) is 5.84 Å². The molecule has 0 aromatic carbocycles. The summed E-state index contributed by atoms with van der Waals surface area (Å²) >= 11 is 0. The average molecular weight is 169 g/mol. The molecule has 4 N–H and O–H groups in total. The number of rotatable bonds is 3. The highest BCUT2D eigenvalue weighted by molar-refractivity contribution is 5.04. The normalized spacial score (nSPS) is 23.9. The number of nitrogens with one attached hydrogen (secondary N) is 2. The molecule has 0 aliphatic heterocycles. The van der Waals surface area contributed by atoms with Gasteiger partial charge in [0.15, 0.2) is 0 Å². The Bertz CT molecular complexity index is 143. The van der Waals surface area contributed by atoms with Crippen molar-refractivity contribution >= 4 is 0 Å². The van der Waals surface area contributed by atoms with Crippen molar-refractivity contribution in [3.63, 3.8) is 0 Å². The van der Waals surface area contributed by atoms with Crippen LogP contribution >= 0.6 is 0 Å². The van der Waals surface area contributed by atoms with Gasteiger partial charge in [0, 0.05) is 6.54 Å². The van der Waals surface area contributed by atoms with E-state index in [1.54, 1.807) is 0 Å². The molecule has 1 rings (SSSR count). The van der Waals surface area contributed by atoms with Gasteiger partial charge < -0.3 is 0 Å². The zero-order valence-electron chi connectivity index (χ0n) is 7.60. The van der Waals surface area contributed by atoms with Crippen molar-refractivity contribution in [3.05, 3.63) is 11.6 Å². The molecule has 1 aliphatic rings. The molecule has 0 spiro atoms. The van der Waals surface area contributed by atoms with Gasteiger partial charge in [0.05, 0.1) is 0 Å². The molecular weight excluding hydrogens is 150 g/mol. The van der Waals surface area contributed by atoms with Crippen LogP contribution in [-0.2, 0) is 0 Å². The second kappa shape index (κ2) is 6.17. The lowest BCUT2D eigenvalue weighted by atomic mass is 10.0. The predicted octanol–water partition coefficient (Wildman–Crippen LogP) is 1.23. The summed E-state index contributed by atoms with van der Waals surface area (Å²) in [6.07, 6.45) is 10.3. The van der Waals surface area contributed by atoms with Crippen molar-refractivity contribution in [1.82, 2.24) is 11.0 Å². The van der Waals surface area contributed by atoms with Crippen LogP contribution in [0, 0.1) is 0 Å². The van der Waals surface area contributed by atoms with Crippen molar-refractivity contribution in [3.8, 4) is 0 Å². The Morgan fingerprint density at radius 1 is 1.25 bits per heavy atom. The first-order valence-corrected chi connectivity index (χ1v) is 4.80. The smallest absolute Gasteiger partial charge is 0.0323 e. The van der Waals surface area contributed by atoms with Gasteiger partial charge in [-0.1, -0.05) is 24.5 Å². The first-order chi connectivity index (χ1) is 5.93. The Kier molecular flexibility index (Phi) is 4.99. The van der Waals surface area contributed by atoms with Gasteiger partial charge in [-0.25, -0.2) is 5.43 Å². The number of hydrazine groups is 2. The molecule has 0 atom stereocenters. The summed E-state index contributed by atoms with van der Waals surface area (Å²) in [5, 5.41) is 0. The van der Waals surface area contributed by atoms with Gasteiger partial charge in [0.25, 0.3) is 0 Å². The lowest BCUT2D eigenvalue weighted by Crippen LogP contribution is -2.38.